The maximum absolute atomic E-state index is 6.15. The maximum Gasteiger partial charge on any atom is 0.111 e. The topological polar surface area (TPSA) is 3.24 Å². The first kappa shape index (κ1) is 10.9. The highest BCUT2D eigenvalue weighted by Gasteiger charge is 2.05. The number of rotatable bonds is 3. The third kappa shape index (κ3) is 2.39. The van der Waals surface area contributed by atoms with Gasteiger partial charge in [-0.25, -0.2) is 0 Å². The first-order valence-electron chi connectivity index (χ1n) is 4.44. The fourth-order valence-electron chi connectivity index (χ4n) is 1.11. The molecule has 0 aliphatic rings. The number of allylic oxidation sites excluding steroid dienone is 2. The molecule has 0 atom stereocenters. The van der Waals surface area contributed by atoms with Gasteiger partial charge in [-0.15, -0.1) is 0 Å². The van der Waals surface area contributed by atoms with Gasteiger partial charge in [0.25, 0.3) is 0 Å². The normalized spacial score (nSPS) is 11.9. The minimum absolute atomic E-state index is 0.700. The van der Waals surface area contributed by atoms with Crippen LogP contribution >= 0.6 is 11.6 Å². The number of para-hydroxylation sites is 1. The molecule has 0 N–H and O–H groups in total. The second-order valence-corrected chi connectivity index (χ2v) is 3.43. The highest BCUT2D eigenvalue weighted by molar-refractivity contribution is 6.31. The molecule has 74 valence electrons. The molecule has 0 unspecified atom stereocenters. The van der Waals surface area contributed by atoms with Gasteiger partial charge in [0.05, 0.1) is 0 Å². The quantitative estimate of drug-likeness (QED) is 0.539. The van der Waals surface area contributed by atoms with Crippen LogP contribution in [0.2, 0.25) is 0 Å². The summed E-state index contributed by atoms with van der Waals surface area (Å²) in [5.41, 5.74) is 2.04. The zero-order chi connectivity index (χ0) is 10.6. The predicted molar refractivity (Wildman–Crippen MR) is 63.6 cm³/mol. The van der Waals surface area contributed by atoms with Crippen LogP contribution in [0.15, 0.2) is 53.7 Å². The lowest BCUT2D eigenvalue weighted by Gasteiger charge is -2.19. The van der Waals surface area contributed by atoms with Crippen LogP contribution in [0.1, 0.15) is 6.92 Å². The van der Waals surface area contributed by atoms with E-state index in [0.717, 1.165) is 11.3 Å². The Morgan fingerprint density at radius 3 is 2.43 bits per heavy atom. The molecule has 0 amide bonds. The van der Waals surface area contributed by atoms with Crippen molar-refractivity contribution in [3.63, 3.8) is 0 Å². The Bertz CT molecular complexity index is 341. The summed E-state index contributed by atoms with van der Waals surface area (Å²) in [6.07, 6.45) is 1.75. The highest BCUT2D eigenvalue weighted by Crippen LogP contribution is 2.21. The minimum Gasteiger partial charge on any atom is -0.335 e. The molecular weight excluding hydrogens is 194 g/mol. The minimum atomic E-state index is 0.700. The van der Waals surface area contributed by atoms with Crippen molar-refractivity contribution in [1.82, 2.24) is 0 Å². The van der Waals surface area contributed by atoms with E-state index in [4.69, 9.17) is 11.6 Å². The van der Waals surface area contributed by atoms with Gasteiger partial charge in [-0.2, -0.15) is 0 Å². The molecule has 0 aromatic heterocycles. The largest absolute Gasteiger partial charge is 0.335 e. The van der Waals surface area contributed by atoms with Gasteiger partial charge in [0, 0.05) is 12.7 Å². The molecule has 0 heterocycles. The van der Waals surface area contributed by atoms with E-state index in [2.05, 4.69) is 6.58 Å². The predicted octanol–water partition coefficient (Wildman–Crippen LogP) is 3.78. The summed E-state index contributed by atoms with van der Waals surface area (Å²) in [7, 11) is 1.94. The molecule has 14 heavy (non-hydrogen) atoms. The van der Waals surface area contributed by atoms with Crippen molar-refractivity contribution >= 4 is 17.3 Å². The van der Waals surface area contributed by atoms with Crippen molar-refractivity contribution in [1.29, 1.82) is 0 Å². The second-order valence-electron chi connectivity index (χ2n) is 3.07. The average molecular weight is 208 g/mol. The smallest absolute Gasteiger partial charge is 0.111 e. The standard InChI is InChI=1S/C12H14ClN/c1-4-10(2)12(13)14(3)11-8-6-5-7-9-11/h4-9H,1H2,2-3H3/b12-10+. The van der Waals surface area contributed by atoms with E-state index in [1.165, 1.54) is 0 Å². The number of nitrogens with zero attached hydrogens (tertiary/aromatic N) is 1. The molecule has 0 aliphatic carbocycles. The van der Waals surface area contributed by atoms with Gasteiger partial charge < -0.3 is 4.90 Å². The highest BCUT2D eigenvalue weighted by atomic mass is 35.5. The Morgan fingerprint density at radius 1 is 1.36 bits per heavy atom. The summed E-state index contributed by atoms with van der Waals surface area (Å²) < 4.78 is 0. The monoisotopic (exact) mass is 207 g/mol. The molecule has 1 aromatic carbocycles. The number of benzene rings is 1. The van der Waals surface area contributed by atoms with Crippen molar-refractivity contribution < 1.29 is 0 Å². The van der Waals surface area contributed by atoms with Crippen molar-refractivity contribution in [2.24, 2.45) is 0 Å². The summed E-state index contributed by atoms with van der Waals surface area (Å²) in [5.74, 6) is 0. The van der Waals surface area contributed by atoms with Crippen LogP contribution in [-0.4, -0.2) is 7.05 Å². The lowest BCUT2D eigenvalue weighted by molar-refractivity contribution is 1.15. The van der Waals surface area contributed by atoms with Crippen LogP contribution in [-0.2, 0) is 0 Å². The molecule has 0 fully saturated rings. The molecule has 0 bridgehead atoms. The fraction of sp³-hybridized carbons (Fsp3) is 0.167. The van der Waals surface area contributed by atoms with Crippen LogP contribution in [0, 0.1) is 0 Å². The van der Waals surface area contributed by atoms with Crippen molar-refractivity contribution in [3.8, 4) is 0 Å². The van der Waals surface area contributed by atoms with E-state index >= 15 is 0 Å². The Kier molecular flexibility index (Phi) is 3.78. The van der Waals surface area contributed by atoms with E-state index in [-0.39, 0.29) is 0 Å². The van der Waals surface area contributed by atoms with Gasteiger partial charge in [-0.1, -0.05) is 42.5 Å². The Morgan fingerprint density at radius 2 is 1.93 bits per heavy atom. The maximum atomic E-state index is 6.15. The molecule has 2 heteroatoms. The summed E-state index contributed by atoms with van der Waals surface area (Å²) >= 11 is 6.15. The molecule has 0 saturated heterocycles. The summed E-state index contributed by atoms with van der Waals surface area (Å²) in [6, 6.07) is 9.98. The third-order valence-electron chi connectivity index (χ3n) is 2.07. The molecule has 0 radical (unpaired) electrons. The lowest BCUT2D eigenvalue weighted by Crippen LogP contribution is -2.13. The van der Waals surface area contributed by atoms with Crippen molar-refractivity contribution in [3.05, 3.63) is 53.7 Å². The number of halogens is 1. The molecule has 0 spiro atoms. The van der Waals surface area contributed by atoms with E-state index in [9.17, 15) is 0 Å². The Hall–Kier alpha value is -1.21. The Labute approximate surface area is 90.3 Å². The zero-order valence-corrected chi connectivity index (χ0v) is 9.25. The molecule has 1 nitrogen and oxygen atoms in total. The van der Waals surface area contributed by atoms with Crippen LogP contribution in [0.5, 0.6) is 0 Å². The first-order chi connectivity index (χ1) is 6.66. The lowest BCUT2D eigenvalue weighted by atomic mass is 10.3. The van der Waals surface area contributed by atoms with Gasteiger partial charge >= 0.3 is 0 Å². The van der Waals surface area contributed by atoms with Gasteiger partial charge in [-0.05, 0) is 24.6 Å². The number of hydrogen-bond donors (Lipinski definition) is 0. The zero-order valence-electron chi connectivity index (χ0n) is 8.50. The Balaban J connectivity index is 2.97. The molecule has 1 rings (SSSR count). The van der Waals surface area contributed by atoms with Crippen molar-refractivity contribution in [2.75, 3.05) is 11.9 Å². The van der Waals surface area contributed by atoms with Crippen LogP contribution in [0.4, 0.5) is 5.69 Å². The van der Waals surface area contributed by atoms with E-state index in [1.807, 2.05) is 49.2 Å². The van der Waals surface area contributed by atoms with Crippen LogP contribution in [0.25, 0.3) is 0 Å². The van der Waals surface area contributed by atoms with Crippen LogP contribution in [0.3, 0.4) is 0 Å². The SMILES string of the molecule is C=C/C(C)=C(\Cl)N(C)c1ccccc1. The number of anilines is 1. The average Bonchev–Trinajstić information content (AvgIpc) is 2.27. The number of hydrogen-bond acceptors (Lipinski definition) is 1. The van der Waals surface area contributed by atoms with E-state index < -0.39 is 0 Å². The fourth-order valence-corrected chi connectivity index (χ4v) is 1.29. The summed E-state index contributed by atoms with van der Waals surface area (Å²) in [5, 5.41) is 0.700. The van der Waals surface area contributed by atoms with E-state index in [1.54, 1.807) is 6.08 Å². The molecule has 0 aliphatic heterocycles. The van der Waals surface area contributed by atoms with Gasteiger partial charge in [0.15, 0.2) is 0 Å². The molecular formula is C12H14ClN. The summed E-state index contributed by atoms with van der Waals surface area (Å²) in [6.45, 7) is 5.63. The summed E-state index contributed by atoms with van der Waals surface area (Å²) in [4.78, 5) is 1.93. The second kappa shape index (κ2) is 4.87. The van der Waals surface area contributed by atoms with Crippen LogP contribution < -0.4 is 4.90 Å². The molecule has 1 aromatic rings. The third-order valence-corrected chi connectivity index (χ3v) is 2.62. The van der Waals surface area contributed by atoms with Crippen molar-refractivity contribution in [2.45, 2.75) is 6.92 Å². The molecule has 0 saturated carbocycles. The van der Waals surface area contributed by atoms with Gasteiger partial charge in [0.2, 0.25) is 0 Å². The van der Waals surface area contributed by atoms with Gasteiger partial charge in [0.1, 0.15) is 5.16 Å². The first-order valence-corrected chi connectivity index (χ1v) is 4.82. The van der Waals surface area contributed by atoms with E-state index in [0.29, 0.717) is 5.16 Å². The van der Waals surface area contributed by atoms with Gasteiger partial charge in [-0.3, -0.25) is 0 Å².